The van der Waals surface area contributed by atoms with Gasteiger partial charge >= 0.3 is 21.7 Å². The molecular weight excluding hydrogens is 358 g/mol. The Kier molecular flexibility index (Phi) is 19.4. The molecule has 6 heteroatoms. The Bertz CT molecular complexity index is 306. The molecule has 1 aromatic rings. The van der Waals surface area contributed by atoms with Crippen LogP contribution < -0.4 is 5.10 Å². The Balaban J connectivity index is 0.000000317. The van der Waals surface area contributed by atoms with E-state index in [2.05, 4.69) is 26.1 Å². The molecule has 5 nitrogen and oxygen atoms in total. The molecule has 26 heavy (non-hydrogen) atoms. The van der Waals surface area contributed by atoms with Crippen LogP contribution in [0.1, 0.15) is 69.2 Å². The van der Waals surface area contributed by atoms with E-state index in [1.54, 1.807) is 0 Å². The maximum Gasteiger partial charge on any atom is 4.00 e. The minimum atomic E-state index is 0. The number of nitrogens with zero attached hydrogens (tertiary/aromatic N) is 5. The first kappa shape index (κ1) is 25.8. The normalized spacial score (nSPS) is 19.2. The Morgan fingerprint density at radius 3 is 1.04 bits per heavy atom. The van der Waals surface area contributed by atoms with E-state index in [0.717, 1.165) is 50.7 Å². The number of hydrogen-bond acceptors (Lipinski definition) is 1. The van der Waals surface area contributed by atoms with Gasteiger partial charge in [0.2, 0.25) is 0 Å². The summed E-state index contributed by atoms with van der Waals surface area (Å²) in [6.07, 6.45) is 12.2. The molecule has 0 amide bonds. The van der Waals surface area contributed by atoms with Crippen LogP contribution >= 0.6 is 0 Å². The zero-order valence-electron chi connectivity index (χ0n) is 16.9. The van der Waals surface area contributed by atoms with Gasteiger partial charge in [0.15, 0.2) is 0 Å². The van der Waals surface area contributed by atoms with E-state index in [1.807, 2.05) is 19.9 Å². The third kappa shape index (κ3) is 17.2. The van der Waals surface area contributed by atoms with Crippen molar-refractivity contribution in [1.29, 1.82) is 0 Å². The van der Waals surface area contributed by atoms with Crippen molar-refractivity contribution in [2.75, 3.05) is 39.3 Å². The first-order chi connectivity index (χ1) is 12.3. The minimum Gasteiger partial charge on any atom is -0.662 e. The van der Waals surface area contributed by atoms with E-state index in [4.69, 9.17) is 0 Å². The second kappa shape index (κ2) is 19.6. The maximum absolute atomic E-state index is 4.18. The van der Waals surface area contributed by atoms with E-state index in [-0.39, 0.29) is 21.7 Å². The number of aryl methyl sites for hydroxylation is 2. The monoisotopic (exact) mass is 395 g/mol. The third-order valence-electron chi connectivity index (χ3n) is 4.18. The number of piperidine rings is 3. The van der Waals surface area contributed by atoms with Crippen molar-refractivity contribution in [3.63, 3.8) is 0 Å². The van der Waals surface area contributed by atoms with Crippen LogP contribution in [-0.4, -0.2) is 44.4 Å². The molecular formula is C20H37N5Ti. The molecule has 146 valence electrons. The molecule has 4 heterocycles. The van der Waals surface area contributed by atoms with Gasteiger partial charge in [-0.05, 0) is 6.92 Å². The van der Waals surface area contributed by atoms with Crippen molar-refractivity contribution in [3.8, 4) is 0 Å². The van der Waals surface area contributed by atoms with E-state index in [0.29, 0.717) is 0 Å². The van der Waals surface area contributed by atoms with E-state index >= 15 is 0 Å². The van der Waals surface area contributed by atoms with Gasteiger partial charge in [-0.15, -0.1) is 45.0 Å². The van der Waals surface area contributed by atoms with Gasteiger partial charge in [-0.3, -0.25) is 0 Å². The topological polar surface area (TPSA) is 69.3 Å². The molecule has 4 rings (SSSR count). The van der Waals surface area contributed by atoms with Crippen LogP contribution in [0.2, 0.25) is 0 Å². The van der Waals surface area contributed by atoms with Crippen LogP contribution in [0, 0.1) is 13.8 Å². The largest absolute Gasteiger partial charge is 4.00 e. The standard InChI is InChI=1S/C5H7N2.3C5H10N.Ti/c1-4-3-5(2)7-6-4;3*1-2-4-6-5-3-1;/h3H,1-2H3;3*1-5H2;/q4*-1;+4. The van der Waals surface area contributed by atoms with Gasteiger partial charge in [-0.2, -0.15) is 0 Å². The summed E-state index contributed by atoms with van der Waals surface area (Å²) in [5.74, 6) is 0. The van der Waals surface area contributed by atoms with Crippen LogP contribution in [-0.2, 0) is 21.7 Å². The summed E-state index contributed by atoms with van der Waals surface area (Å²) in [7, 11) is 0. The van der Waals surface area contributed by atoms with Gasteiger partial charge in [0.25, 0.3) is 0 Å². The SMILES string of the molecule is C1CC[N-]CC1.C1CC[N-]CC1.C1CC[N-]CC1.Cc1cc(C)[n-]n1.[Ti+4]. The van der Waals surface area contributed by atoms with Gasteiger partial charge in [-0.1, -0.05) is 70.8 Å². The van der Waals surface area contributed by atoms with Gasteiger partial charge < -0.3 is 26.1 Å². The fourth-order valence-corrected chi connectivity index (χ4v) is 2.73. The molecule has 3 fully saturated rings. The first-order valence-corrected chi connectivity index (χ1v) is 10.1. The summed E-state index contributed by atoms with van der Waals surface area (Å²) in [6, 6.07) is 1.94. The zero-order chi connectivity index (χ0) is 18.0. The molecule has 1 aromatic heterocycles. The molecule has 3 saturated heterocycles. The van der Waals surface area contributed by atoms with Crippen molar-refractivity contribution in [1.82, 2.24) is 10.2 Å². The molecule has 3 aliphatic rings. The smallest absolute Gasteiger partial charge is 0.662 e. The first-order valence-electron chi connectivity index (χ1n) is 10.1. The number of aromatic nitrogens is 2. The number of rotatable bonds is 0. The van der Waals surface area contributed by atoms with Crippen molar-refractivity contribution >= 4 is 0 Å². The van der Waals surface area contributed by atoms with Gasteiger partial charge in [-0.25, -0.2) is 0 Å². The Morgan fingerprint density at radius 2 is 0.962 bits per heavy atom. The summed E-state index contributed by atoms with van der Waals surface area (Å²) >= 11 is 0. The van der Waals surface area contributed by atoms with E-state index in [1.165, 1.54) is 57.8 Å². The predicted molar refractivity (Wildman–Crippen MR) is 108 cm³/mol. The van der Waals surface area contributed by atoms with Crippen molar-refractivity contribution in [3.05, 3.63) is 33.4 Å². The molecule has 3 aliphatic heterocycles. The average Bonchev–Trinajstić information content (AvgIpc) is 3.10. The van der Waals surface area contributed by atoms with Crippen LogP contribution in [0.25, 0.3) is 16.0 Å². The Morgan fingerprint density at radius 1 is 0.615 bits per heavy atom. The predicted octanol–water partition coefficient (Wildman–Crippen LogP) is 5.29. The Labute approximate surface area is 176 Å². The summed E-state index contributed by atoms with van der Waals surface area (Å²) in [4.78, 5) is 0. The molecule has 0 radical (unpaired) electrons. The molecule has 0 unspecified atom stereocenters. The molecule has 0 saturated carbocycles. The summed E-state index contributed by atoms with van der Waals surface area (Å²) in [5, 5.41) is 20.1. The second-order valence-electron chi connectivity index (χ2n) is 6.82. The Hall–Kier alpha value is -0.196. The number of hydrogen-bond donors (Lipinski definition) is 0. The fraction of sp³-hybridized carbons (Fsp3) is 0.850. The molecule has 0 aromatic carbocycles. The average molecular weight is 395 g/mol. The van der Waals surface area contributed by atoms with Crippen LogP contribution in [0.3, 0.4) is 0 Å². The third-order valence-corrected chi connectivity index (χ3v) is 4.18. The molecule has 0 spiro atoms. The maximum atomic E-state index is 4.18. The van der Waals surface area contributed by atoms with Crippen molar-refractivity contribution < 1.29 is 21.7 Å². The molecule has 0 bridgehead atoms. The zero-order valence-corrected chi connectivity index (χ0v) is 18.5. The summed E-state index contributed by atoms with van der Waals surface area (Å²) in [6.45, 7) is 10.6. The molecule has 0 aliphatic carbocycles. The van der Waals surface area contributed by atoms with E-state index in [9.17, 15) is 0 Å². The van der Waals surface area contributed by atoms with Crippen molar-refractivity contribution in [2.45, 2.75) is 71.6 Å². The van der Waals surface area contributed by atoms with Crippen LogP contribution in [0.15, 0.2) is 6.07 Å². The van der Waals surface area contributed by atoms with Crippen LogP contribution in [0.4, 0.5) is 0 Å². The van der Waals surface area contributed by atoms with Gasteiger partial charge in [0, 0.05) is 5.69 Å². The summed E-state index contributed by atoms with van der Waals surface area (Å²) < 4.78 is 0. The van der Waals surface area contributed by atoms with E-state index < -0.39 is 0 Å². The van der Waals surface area contributed by atoms with Gasteiger partial charge in [0.05, 0.1) is 0 Å². The quantitative estimate of drug-likeness (QED) is 0.561. The van der Waals surface area contributed by atoms with Crippen LogP contribution in [0.5, 0.6) is 0 Å². The minimum absolute atomic E-state index is 0. The summed E-state index contributed by atoms with van der Waals surface area (Å²) in [5.41, 5.74) is 2.00. The fourth-order valence-electron chi connectivity index (χ4n) is 2.73. The molecule has 0 atom stereocenters. The molecule has 0 N–H and O–H groups in total. The van der Waals surface area contributed by atoms with Crippen molar-refractivity contribution in [2.24, 2.45) is 0 Å². The second-order valence-corrected chi connectivity index (χ2v) is 6.82. The van der Waals surface area contributed by atoms with Gasteiger partial charge in [0.1, 0.15) is 0 Å².